The highest BCUT2D eigenvalue weighted by atomic mass is 35.5. The number of primary amides is 1. The zero-order valence-electron chi connectivity index (χ0n) is 25.5. The summed E-state index contributed by atoms with van der Waals surface area (Å²) >= 11 is 7.14. The number of hydrogen-bond donors (Lipinski definition) is 3. The van der Waals surface area contributed by atoms with Crippen LogP contribution in [0.25, 0.3) is 0 Å². The zero-order chi connectivity index (χ0) is 31.7. The molecule has 0 spiro atoms. The van der Waals surface area contributed by atoms with Gasteiger partial charge in [0.2, 0.25) is 5.91 Å². The number of halogens is 1. The summed E-state index contributed by atoms with van der Waals surface area (Å²) in [6.07, 6.45) is 4.56. The van der Waals surface area contributed by atoms with Crippen molar-refractivity contribution in [1.29, 1.82) is 0 Å². The normalized spacial score (nSPS) is 33.3. The fraction of sp³-hybridized carbons (Fsp3) is 0.656. The minimum Gasteiger partial charge on any atom is -0.507 e. The van der Waals surface area contributed by atoms with E-state index >= 15 is 0 Å². The Morgan fingerprint density at radius 2 is 1.81 bits per heavy atom. The van der Waals surface area contributed by atoms with E-state index in [0.717, 1.165) is 37.8 Å². The van der Waals surface area contributed by atoms with Crippen LogP contribution in [0.3, 0.4) is 0 Å². The van der Waals surface area contributed by atoms with Crippen molar-refractivity contribution in [3.63, 3.8) is 0 Å². The van der Waals surface area contributed by atoms with E-state index in [9.17, 15) is 34.2 Å². The third-order valence-corrected chi connectivity index (χ3v) is 10.9. The van der Waals surface area contributed by atoms with Gasteiger partial charge in [0, 0.05) is 29.1 Å². The van der Waals surface area contributed by atoms with Crippen LogP contribution in [0.4, 0.5) is 0 Å². The number of carbonyl (C=O) groups is 5. The Morgan fingerprint density at radius 1 is 1.14 bits per heavy atom. The molecule has 4 aliphatic rings. The summed E-state index contributed by atoms with van der Waals surface area (Å²) < 4.78 is 0. The zero-order valence-corrected chi connectivity index (χ0v) is 26.2. The molecule has 1 aromatic rings. The second-order valence-electron chi connectivity index (χ2n) is 13.5. The van der Waals surface area contributed by atoms with E-state index in [2.05, 4.69) is 11.8 Å². The van der Waals surface area contributed by atoms with Gasteiger partial charge in [0.15, 0.2) is 34.7 Å². The summed E-state index contributed by atoms with van der Waals surface area (Å²) in [5.74, 6) is -10.8. The molecule has 7 atom stereocenters. The standard InChI is InChI=1S/C32H42ClN3O7/c1-14(2)20-18(13-36-10-8-6-7-9-15(36)3)24(33)17-11-16-12-19-25(35(4)5)28(39)23(31(34)42)30(41)32(19,43)29(40)21(16)27(38)22(17)26(20)37/h14-16,19,21,23,25,37,43H,6-13H2,1-5H3,(H2,34,42). The molecule has 1 amide bonds. The molecule has 1 aromatic carbocycles. The van der Waals surface area contributed by atoms with Crippen LogP contribution < -0.4 is 5.73 Å². The summed E-state index contributed by atoms with van der Waals surface area (Å²) in [7, 11) is 3.13. The van der Waals surface area contributed by atoms with E-state index < -0.39 is 64.4 Å². The fourth-order valence-electron chi connectivity index (χ4n) is 8.32. The quantitative estimate of drug-likeness (QED) is 0.423. The van der Waals surface area contributed by atoms with Gasteiger partial charge in [0.1, 0.15) is 5.75 Å². The predicted octanol–water partition coefficient (Wildman–Crippen LogP) is 2.41. The van der Waals surface area contributed by atoms with Gasteiger partial charge in [-0.25, -0.2) is 0 Å². The van der Waals surface area contributed by atoms with E-state index in [0.29, 0.717) is 28.7 Å². The van der Waals surface area contributed by atoms with Crippen molar-refractivity contribution in [2.45, 2.75) is 89.4 Å². The van der Waals surface area contributed by atoms with Crippen LogP contribution in [0.2, 0.25) is 5.02 Å². The summed E-state index contributed by atoms with van der Waals surface area (Å²) in [6.45, 7) is 7.41. The lowest BCUT2D eigenvalue weighted by Gasteiger charge is -2.52. The Hall–Kier alpha value is -2.66. The SMILES string of the molecule is CC(C)c1c(O)c2c(c(Cl)c1CN1CCCCCC1C)CC1CC3C(N(C)C)C(=O)C(C(N)=O)C(=O)C3(O)C(=O)C1C2=O. The number of likely N-dealkylation sites (tertiary alicyclic amines) is 1. The predicted molar refractivity (Wildman–Crippen MR) is 159 cm³/mol. The molecule has 10 nitrogen and oxygen atoms in total. The van der Waals surface area contributed by atoms with Gasteiger partial charge in [-0.15, -0.1) is 0 Å². The number of phenolic OH excluding ortho intramolecular Hbond substituents is 1. The van der Waals surface area contributed by atoms with Crippen LogP contribution in [-0.4, -0.2) is 87.4 Å². The van der Waals surface area contributed by atoms with Crippen LogP contribution in [-0.2, 0) is 32.1 Å². The van der Waals surface area contributed by atoms with E-state index in [1.165, 1.54) is 4.90 Å². The van der Waals surface area contributed by atoms with Crippen molar-refractivity contribution < 1.29 is 34.2 Å². The molecule has 234 valence electrons. The molecule has 3 aliphatic carbocycles. The van der Waals surface area contributed by atoms with Gasteiger partial charge in [-0.1, -0.05) is 38.3 Å². The van der Waals surface area contributed by atoms with Crippen LogP contribution in [0, 0.1) is 23.7 Å². The maximum absolute atomic E-state index is 14.2. The molecule has 3 fully saturated rings. The maximum Gasteiger partial charge on any atom is 0.235 e. The van der Waals surface area contributed by atoms with Gasteiger partial charge in [0.25, 0.3) is 0 Å². The topological polar surface area (TPSA) is 158 Å². The molecular weight excluding hydrogens is 574 g/mol. The average Bonchev–Trinajstić information content (AvgIpc) is 3.12. The average molecular weight is 616 g/mol. The number of fused-ring (bicyclic) bond motifs is 3. The van der Waals surface area contributed by atoms with Crippen molar-refractivity contribution >= 4 is 40.6 Å². The molecule has 11 heteroatoms. The van der Waals surface area contributed by atoms with Crippen molar-refractivity contribution in [3.8, 4) is 5.75 Å². The summed E-state index contributed by atoms with van der Waals surface area (Å²) in [5, 5.41) is 23.9. The lowest BCUT2D eigenvalue weighted by molar-refractivity contribution is -0.181. The second kappa shape index (κ2) is 11.4. The Kier molecular flexibility index (Phi) is 8.39. The van der Waals surface area contributed by atoms with E-state index in [1.807, 2.05) is 13.8 Å². The minimum atomic E-state index is -2.75. The second-order valence-corrected chi connectivity index (χ2v) is 13.9. The fourth-order valence-corrected chi connectivity index (χ4v) is 8.65. The number of aliphatic hydroxyl groups is 1. The highest BCUT2D eigenvalue weighted by Crippen LogP contribution is 2.53. The third-order valence-electron chi connectivity index (χ3n) is 10.4. The van der Waals surface area contributed by atoms with Gasteiger partial charge in [-0.2, -0.15) is 0 Å². The Balaban J connectivity index is 1.63. The van der Waals surface area contributed by atoms with E-state index in [4.69, 9.17) is 17.3 Å². The van der Waals surface area contributed by atoms with Gasteiger partial charge < -0.3 is 15.9 Å². The largest absolute Gasteiger partial charge is 0.507 e. The molecule has 1 heterocycles. The van der Waals surface area contributed by atoms with E-state index in [-0.39, 0.29) is 30.1 Å². The monoisotopic (exact) mass is 615 g/mol. The smallest absolute Gasteiger partial charge is 0.235 e. The molecular formula is C32H42ClN3O7. The van der Waals surface area contributed by atoms with E-state index in [1.54, 1.807) is 14.1 Å². The third kappa shape index (κ3) is 4.76. The minimum absolute atomic E-state index is 0.00852. The number of rotatable bonds is 5. The summed E-state index contributed by atoms with van der Waals surface area (Å²) in [5.41, 5.74) is 4.37. The van der Waals surface area contributed by atoms with Gasteiger partial charge in [0.05, 0.1) is 17.5 Å². The Bertz CT molecular complexity index is 1410. The summed E-state index contributed by atoms with van der Waals surface area (Å²) in [6, 6.07) is -0.821. The number of amides is 1. The first-order valence-electron chi connectivity index (χ1n) is 15.3. The molecule has 7 unspecified atom stereocenters. The Labute approximate surface area is 256 Å². The van der Waals surface area contributed by atoms with Gasteiger partial charge >= 0.3 is 0 Å². The molecule has 2 saturated carbocycles. The molecule has 0 radical (unpaired) electrons. The first-order chi connectivity index (χ1) is 20.1. The molecule has 4 N–H and O–H groups in total. The lowest BCUT2D eigenvalue weighted by atomic mass is 9.52. The number of nitrogens with two attached hydrogens (primary N) is 1. The number of nitrogens with zero attached hydrogens (tertiary/aromatic N) is 2. The molecule has 1 saturated heterocycles. The summed E-state index contributed by atoms with van der Waals surface area (Å²) in [4.78, 5) is 71.1. The molecule has 0 bridgehead atoms. The Morgan fingerprint density at radius 3 is 2.42 bits per heavy atom. The van der Waals surface area contributed by atoms with Crippen LogP contribution >= 0.6 is 11.6 Å². The lowest BCUT2D eigenvalue weighted by Crippen LogP contribution is -2.74. The molecule has 5 rings (SSSR count). The number of phenols is 1. The molecule has 0 aromatic heterocycles. The van der Waals surface area contributed by atoms with Crippen LogP contribution in [0.1, 0.15) is 85.8 Å². The van der Waals surface area contributed by atoms with Crippen molar-refractivity contribution in [2.24, 2.45) is 29.4 Å². The molecule has 1 aliphatic heterocycles. The van der Waals surface area contributed by atoms with Gasteiger partial charge in [-0.3, -0.25) is 33.8 Å². The molecule has 43 heavy (non-hydrogen) atoms. The van der Waals surface area contributed by atoms with Crippen molar-refractivity contribution in [2.75, 3.05) is 20.6 Å². The number of Topliss-reactive ketones (excluding diaryl/α,β-unsaturated/α-hetero) is 4. The van der Waals surface area contributed by atoms with Crippen molar-refractivity contribution in [1.82, 2.24) is 9.80 Å². The number of aromatic hydroxyl groups is 1. The first-order valence-corrected chi connectivity index (χ1v) is 15.7. The highest BCUT2D eigenvalue weighted by molar-refractivity contribution is 6.35. The number of ketones is 4. The first kappa shape index (κ1) is 31.8. The van der Waals surface area contributed by atoms with Crippen LogP contribution in [0.5, 0.6) is 5.75 Å². The number of likely N-dealkylation sites (N-methyl/N-ethyl adjacent to an activating group) is 1. The maximum atomic E-state index is 14.2. The van der Waals surface area contributed by atoms with Gasteiger partial charge in [-0.05, 0) is 76.2 Å². The number of carbonyl (C=O) groups excluding carboxylic acids is 5. The van der Waals surface area contributed by atoms with Crippen LogP contribution in [0.15, 0.2) is 0 Å². The number of benzene rings is 1. The highest BCUT2D eigenvalue weighted by Gasteiger charge is 2.69. The van der Waals surface area contributed by atoms with Crippen molar-refractivity contribution in [3.05, 3.63) is 27.3 Å². The number of hydrogen-bond acceptors (Lipinski definition) is 9.